The molecule has 2 aromatic carbocycles. The summed E-state index contributed by atoms with van der Waals surface area (Å²) in [6, 6.07) is 16.4. The zero-order valence-electron chi connectivity index (χ0n) is 9.01. The molecule has 16 heavy (non-hydrogen) atoms. The summed E-state index contributed by atoms with van der Waals surface area (Å²) >= 11 is 0. The fourth-order valence-corrected chi connectivity index (χ4v) is 1.46. The van der Waals surface area contributed by atoms with Gasteiger partial charge in [0.25, 0.3) is 0 Å². The van der Waals surface area contributed by atoms with Crippen molar-refractivity contribution in [2.45, 2.75) is 0 Å². The minimum atomic E-state index is -1.15. The van der Waals surface area contributed by atoms with E-state index in [0.29, 0.717) is 0 Å². The standard InChI is InChI=1S/C13H10O2.K/c14-13(15)12-8-4-7-11(9-12)10-5-2-1-3-6-10;/h1-9H,(H,14,15);/q;+1/p-1. The van der Waals surface area contributed by atoms with E-state index in [1.807, 2.05) is 36.4 Å². The van der Waals surface area contributed by atoms with Gasteiger partial charge in [-0.1, -0.05) is 48.5 Å². The van der Waals surface area contributed by atoms with Crippen molar-refractivity contribution in [2.75, 3.05) is 0 Å². The first kappa shape index (κ1) is 13.6. The van der Waals surface area contributed by atoms with Crippen LogP contribution in [0.15, 0.2) is 54.6 Å². The van der Waals surface area contributed by atoms with E-state index in [1.54, 1.807) is 12.1 Å². The normalized spacial score (nSPS) is 9.25. The van der Waals surface area contributed by atoms with Gasteiger partial charge in [-0.05, 0) is 22.8 Å². The molecule has 0 aliphatic heterocycles. The van der Waals surface area contributed by atoms with Crippen molar-refractivity contribution in [3.05, 3.63) is 60.2 Å². The fourth-order valence-electron chi connectivity index (χ4n) is 1.46. The summed E-state index contributed by atoms with van der Waals surface area (Å²) in [5.41, 5.74) is 2.09. The molecule has 0 N–H and O–H groups in total. The van der Waals surface area contributed by atoms with Crippen LogP contribution in [-0.2, 0) is 0 Å². The summed E-state index contributed by atoms with van der Waals surface area (Å²) < 4.78 is 0. The van der Waals surface area contributed by atoms with Crippen LogP contribution in [0.1, 0.15) is 10.4 Å². The number of carboxylic acids is 1. The third-order valence-electron chi connectivity index (χ3n) is 2.21. The van der Waals surface area contributed by atoms with E-state index in [4.69, 9.17) is 0 Å². The molecule has 0 amide bonds. The molecule has 2 rings (SSSR count). The molecular formula is C13H9KO2. The Hall–Kier alpha value is -0.454. The maximum atomic E-state index is 10.7. The Balaban J connectivity index is 0.00000128. The number of carbonyl (C=O) groups is 1. The van der Waals surface area contributed by atoms with Crippen molar-refractivity contribution in [3.63, 3.8) is 0 Å². The average molecular weight is 236 g/mol. The molecule has 0 radical (unpaired) electrons. The van der Waals surface area contributed by atoms with Gasteiger partial charge in [0.15, 0.2) is 0 Å². The predicted molar refractivity (Wildman–Crippen MR) is 56.2 cm³/mol. The molecule has 0 spiro atoms. The van der Waals surface area contributed by atoms with Crippen molar-refractivity contribution in [1.82, 2.24) is 0 Å². The van der Waals surface area contributed by atoms with Gasteiger partial charge < -0.3 is 9.90 Å². The Morgan fingerprint density at radius 1 is 0.875 bits per heavy atom. The molecule has 0 aliphatic carbocycles. The zero-order chi connectivity index (χ0) is 10.7. The Morgan fingerprint density at radius 3 is 2.12 bits per heavy atom. The molecule has 3 heteroatoms. The molecule has 0 aliphatic rings. The van der Waals surface area contributed by atoms with E-state index in [2.05, 4.69) is 0 Å². The van der Waals surface area contributed by atoms with Gasteiger partial charge in [-0.2, -0.15) is 0 Å². The Morgan fingerprint density at radius 2 is 1.50 bits per heavy atom. The second-order valence-corrected chi connectivity index (χ2v) is 3.23. The molecule has 0 aromatic heterocycles. The van der Waals surface area contributed by atoms with Crippen LogP contribution < -0.4 is 56.5 Å². The molecule has 0 heterocycles. The first-order valence-electron chi connectivity index (χ1n) is 4.64. The maximum Gasteiger partial charge on any atom is 1.00 e. The number of carbonyl (C=O) groups excluding carboxylic acids is 1. The number of carboxylic acid groups (broad SMARTS) is 1. The van der Waals surface area contributed by atoms with Gasteiger partial charge in [0.2, 0.25) is 0 Å². The summed E-state index contributed by atoms with van der Waals surface area (Å²) in [6.45, 7) is 0. The number of rotatable bonds is 2. The van der Waals surface area contributed by atoms with Crippen LogP contribution in [0.4, 0.5) is 0 Å². The Kier molecular flexibility index (Phi) is 5.38. The molecule has 0 fully saturated rings. The summed E-state index contributed by atoms with van der Waals surface area (Å²) in [7, 11) is 0. The number of hydrogen-bond acceptors (Lipinski definition) is 2. The van der Waals surface area contributed by atoms with Crippen LogP contribution in [0.5, 0.6) is 0 Å². The Labute approximate surface area is 137 Å². The first-order valence-corrected chi connectivity index (χ1v) is 4.64. The molecule has 0 bridgehead atoms. The summed E-state index contributed by atoms with van der Waals surface area (Å²) in [5.74, 6) is -1.15. The molecule has 0 atom stereocenters. The van der Waals surface area contributed by atoms with Gasteiger partial charge >= 0.3 is 51.4 Å². The largest absolute Gasteiger partial charge is 1.00 e. The monoisotopic (exact) mass is 236 g/mol. The van der Waals surface area contributed by atoms with E-state index in [-0.39, 0.29) is 56.9 Å². The molecule has 0 saturated carbocycles. The van der Waals surface area contributed by atoms with Crippen molar-refractivity contribution in [2.24, 2.45) is 0 Å². The van der Waals surface area contributed by atoms with Crippen molar-refractivity contribution in [3.8, 4) is 11.1 Å². The fraction of sp³-hybridized carbons (Fsp3) is 0. The molecule has 2 nitrogen and oxygen atoms in total. The Bertz CT molecular complexity index is 480. The predicted octanol–water partition coefficient (Wildman–Crippen LogP) is -1.28. The second-order valence-electron chi connectivity index (χ2n) is 3.23. The molecular weight excluding hydrogens is 227 g/mol. The van der Waals surface area contributed by atoms with Crippen LogP contribution >= 0.6 is 0 Å². The van der Waals surface area contributed by atoms with Crippen LogP contribution in [0.2, 0.25) is 0 Å². The van der Waals surface area contributed by atoms with Crippen LogP contribution in [-0.4, -0.2) is 5.97 Å². The number of benzene rings is 2. The van der Waals surface area contributed by atoms with E-state index in [1.165, 1.54) is 6.07 Å². The number of hydrogen-bond donors (Lipinski definition) is 0. The van der Waals surface area contributed by atoms with Crippen molar-refractivity contribution in [1.29, 1.82) is 0 Å². The van der Waals surface area contributed by atoms with Gasteiger partial charge in [0, 0.05) is 0 Å². The first-order chi connectivity index (χ1) is 7.27. The second kappa shape index (κ2) is 6.32. The van der Waals surface area contributed by atoms with Gasteiger partial charge in [0.05, 0.1) is 5.97 Å². The number of aromatic carboxylic acids is 1. The average Bonchev–Trinajstić information content (AvgIpc) is 2.30. The van der Waals surface area contributed by atoms with Crippen molar-refractivity contribution < 1.29 is 61.3 Å². The summed E-state index contributed by atoms with van der Waals surface area (Å²) in [4.78, 5) is 10.7. The zero-order valence-corrected chi connectivity index (χ0v) is 12.1. The molecule has 2 aromatic rings. The minimum Gasteiger partial charge on any atom is -0.545 e. The van der Waals surface area contributed by atoms with Crippen LogP contribution in [0, 0.1) is 0 Å². The van der Waals surface area contributed by atoms with Crippen molar-refractivity contribution >= 4 is 5.97 Å². The van der Waals surface area contributed by atoms with E-state index < -0.39 is 5.97 Å². The maximum absolute atomic E-state index is 10.7. The minimum absolute atomic E-state index is 0. The molecule has 74 valence electrons. The topological polar surface area (TPSA) is 40.1 Å². The smallest absolute Gasteiger partial charge is 0.545 e. The summed E-state index contributed by atoms with van der Waals surface area (Å²) in [5, 5.41) is 10.7. The van der Waals surface area contributed by atoms with E-state index in [9.17, 15) is 9.90 Å². The van der Waals surface area contributed by atoms with Gasteiger partial charge in [-0.15, -0.1) is 0 Å². The van der Waals surface area contributed by atoms with Gasteiger partial charge in [0.1, 0.15) is 0 Å². The van der Waals surface area contributed by atoms with Gasteiger partial charge in [-0.3, -0.25) is 0 Å². The SMILES string of the molecule is O=C([O-])c1cccc(-c2ccccc2)c1.[K+]. The van der Waals surface area contributed by atoms with Crippen LogP contribution in [0.3, 0.4) is 0 Å². The molecule has 0 unspecified atom stereocenters. The van der Waals surface area contributed by atoms with E-state index in [0.717, 1.165) is 11.1 Å². The third-order valence-corrected chi connectivity index (χ3v) is 2.21. The quantitative estimate of drug-likeness (QED) is 0.610. The third kappa shape index (κ3) is 3.27. The summed E-state index contributed by atoms with van der Waals surface area (Å²) in [6.07, 6.45) is 0. The molecule has 0 saturated heterocycles. The van der Waals surface area contributed by atoms with Crippen LogP contribution in [0.25, 0.3) is 11.1 Å². The van der Waals surface area contributed by atoms with Gasteiger partial charge in [-0.25, -0.2) is 0 Å². The van der Waals surface area contributed by atoms with E-state index >= 15 is 0 Å².